The summed E-state index contributed by atoms with van der Waals surface area (Å²) in [4.78, 5) is 0. The lowest BCUT2D eigenvalue weighted by Gasteiger charge is -2.27. The highest BCUT2D eigenvalue weighted by atomic mass is 16.5. The molecule has 3 rings (SSSR count). The molecule has 1 atom stereocenters. The number of nitrogens with one attached hydrogen (secondary N) is 1. The Balaban J connectivity index is 2.05. The van der Waals surface area contributed by atoms with Crippen LogP contribution in [0.1, 0.15) is 23.6 Å². The van der Waals surface area contributed by atoms with E-state index in [9.17, 15) is 0 Å². The molecule has 1 aliphatic heterocycles. The van der Waals surface area contributed by atoms with Gasteiger partial charge in [0, 0.05) is 43.2 Å². The molecule has 4 nitrogen and oxygen atoms in total. The predicted molar refractivity (Wildman–Crippen MR) is 71.2 cm³/mol. The summed E-state index contributed by atoms with van der Waals surface area (Å²) >= 11 is 0. The Labute approximate surface area is 107 Å². The summed E-state index contributed by atoms with van der Waals surface area (Å²) in [5.74, 6) is 1.31. The second-order valence-corrected chi connectivity index (χ2v) is 4.60. The number of benzene rings is 1. The van der Waals surface area contributed by atoms with Gasteiger partial charge in [0.1, 0.15) is 5.75 Å². The third-order valence-corrected chi connectivity index (χ3v) is 3.60. The number of anilines is 1. The van der Waals surface area contributed by atoms with Crippen LogP contribution in [0.2, 0.25) is 0 Å². The Morgan fingerprint density at radius 3 is 3.00 bits per heavy atom. The van der Waals surface area contributed by atoms with Crippen LogP contribution in [0.4, 0.5) is 5.69 Å². The van der Waals surface area contributed by atoms with E-state index < -0.39 is 0 Å². The van der Waals surface area contributed by atoms with E-state index in [-0.39, 0.29) is 0 Å². The molecule has 0 saturated heterocycles. The predicted octanol–water partition coefficient (Wildman–Crippen LogP) is 2.38. The molecule has 1 N–H and O–H groups in total. The van der Waals surface area contributed by atoms with Gasteiger partial charge in [-0.05, 0) is 24.1 Å². The van der Waals surface area contributed by atoms with E-state index >= 15 is 0 Å². The highest BCUT2D eigenvalue weighted by Crippen LogP contribution is 2.37. The van der Waals surface area contributed by atoms with Crippen molar-refractivity contribution >= 4 is 5.69 Å². The second kappa shape index (κ2) is 4.37. The molecule has 18 heavy (non-hydrogen) atoms. The first-order chi connectivity index (χ1) is 8.79. The van der Waals surface area contributed by atoms with Crippen molar-refractivity contribution in [2.75, 3.05) is 19.0 Å². The van der Waals surface area contributed by atoms with Gasteiger partial charge in [-0.3, -0.25) is 4.68 Å². The number of ether oxygens (including phenoxy) is 1. The first kappa shape index (κ1) is 11.1. The summed E-state index contributed by atoms with van der Waals surface area (Å²) in [6.45, 7) is 0.982. The van der Waals surface area contributed by atoms with Crippen molar-refractivity contribution in [2.24, 2.45) is 7.05 Å². The molecule has 0 saturated carbocycles. The minimum absolute atomic E-state index is 0.416. The number of fused-ring (bicyclic) bond motifs is 1. The van der Waals surface area contributed by atoms with Crippen molar-refractivity contribution in [3.8, 4) is 5.75 Å². The third-order valence-electron chi connectivity index (χ3n) is 3.60. The lowest BCUT2D eigenvalue weighted by Crippen LogP contribution is -2.19. The van der Waals surface area contributed by atoms with E-state index in [1.807, 2.05) is 24.0 Å². The van der Waals surface area contributed by atoms with Gasteiger partial charge in [0.25, 0.3) is 0 Å². The Kier molecular flexibility index (Phi) is 2.70. The maximum absolute atomic E-state index is 5.27. The van der Waals surface area contributed by atoms with Gasteiger partial charge in [0.05, 0.1) is 7.11 Å². The average molecular weight is 243 g/mol. The number of aryl methyl sites for hydroxylation is 1. The topological polar surface area (TPSA) is 39.1 Å². The van der Waals surface area contributed by atoms with Gasteiger partial charge < -0.3 is 10.1 Å². The molecule has 0 bridgehead atoms. The van der Waals surface area contributed by atoms with Gasteiger partial charge in [0.2, 0.25) is 0 Å². The maximum Gasteiger partial charge on any atom is 0.120 e. The van der Waals surface area contributed by atoms with Crippen LogP contribution >= 0.6 is 0 Å². The smallest absolute Gasteiger partial charge is 0.120 e. The largest absolute Gasteiger partial charge is 0.497 e. The minimum Gasteiger partial charge on any atom is -0.497 e. The maximum atomic E-state index is 5.27. The zero-order valence-corrected chi connectivity index (χ0v) is 10.7. The summed E-state index contributed by atoms with van der Waals surface area (Å²) in [7, 11) is 3.70. The van der Waals surface area contributed by atoms with Crippen LogP contribution in [0.15, 0.2) is 30.5 Å². The highest BCUT2D eigenvalue weighted by Gasteiger charge is 2.23. The fourth-order valence-electron chi connectivity index (χ4n) is 2.66. The Hall–Kier alpha value is -1.97. The average Bonchev–Trinajstić information content (AvgIpc) is 2.83. The molecule has 0 fully saturated rings. The lowest BCUT2D eigenvalue weighted by molar-refractivity contribution is 0.414. The Morgan fingerprint density at radius 2 is 2.28 bits per heavy atom. The van der Waals surface area contributed by atoms with E-state index in [2.05, 4.69) is 28.6 Å². The molecule has 1 aromatic heterocycles. The molecular formula is C14H17N3O. The number of rotatable bonds is 2. The van der Waals surface area contributed by atoms with E-state index in [1.165, 1.54) is 16.9 Å². The fraction of sp³-hybridized carbons (Fsp3) is 0.357. The van der Waals surface area contributed by atoms with Crippen LogP contribution in [0.25, 0.3) is 0 Å². The van der Waals surface area contributed by atoms with Crippen LogP contribution < -0.4 is 10.1 Å². The first-order valence-electron chi connectivity index (χ1n) is 6.19. The van der Waals surface area contributed by atoms with Gasteiger partial charge in [-0.25, -0.2) is 0 Å². The van der Waals surface area contributed by atoms with Gasteiger partial charge in [0.15, 0.2) is 0 Å². The summed E-state index contributed by atoms with van der Waals surface area (Å²) < 4.78 is 7.23. The van der Waals surface area contributed by atoms with E-state index in [1.54, 1.807) is 7.11 Å². The molecule has 1 aliphatic rings. The van der Waals surface area contributed by atoms with Crippen molar-refractivity contribution in [3.63, 3.8) is 0 Å². The number of nitrogens with zero attached hydrogens (tertiary/aromatic N) is 2. The van der Waals surface area contributed by atoms with Gasteiger partial charge in [-0.2, -0.15) is 5.10 Å². The first-order valence-corrected chi connectivity index (χ1v) is 6.19. The molecule has 0 amide bonds. The van der Waals surface area contributed by atoms with Crippen LogP contribution in [0, 0.1) is 0 Å². The van der Waals surface area contributed by atoms with Crippen LogP contribution in [-0.4, -0.2) is 23.4 Å². The Morgan fingerprint density at radius 1 is 1.39 bits per heavy atom. The quantitative estimate of drug-likeness (QED) is 0.880. The van der Waals surface area contributed by atoms with Crippen molar-refractivity contribution in [1.29, 1.82) is 0 Å². The monoisotopic (exact) mass is 243 g/mol. The molecule has 1 aromatic carbocycles. The summed E-state index contributed by atoms with van der Waals surface area (Å²) in [6.07, 6.45) is 2.96. The summed E-state index contributed by atoms with van der Waals surface area (Å²) in [6, 6.07) is 8.34. The molecule has 1 unspecified atom stereocenters. The van der Waals surface area contributed by atoms with Gasteiger partial charge in [-0.15, -0.1) is 0 Å². The summed E-state index contributed by atoms with van der Waals surface area (Å²) in [5, 5.41) is 7.71. The lowest BCUT2D eigenvalue weighted by atomic mass is 9.88. The molecule has 0 aliphatic carbocycles. The normalized spacial score (nSPS) is 18.0. The highest BCUT2D eigenvalue weighted by molar-refractivity contribution is 5.59. The van der Waals surface area contributed by atoms with E-state index in [0.717, 1.165) is 18.7 Å². The molecule has 0 spiro atoms. The van der Waals surface area contributed by atoms with Crippen LogP contribution in [0.5, 0.6) is 5.75 Å². The minimum atomic E-state index is 0.416. The summed E-state index contributed by atoms with van der Waals surface area (Å²) in [5.41, 5.74) is 3.76. The van der Waals surface area contributed by atoms with Crippen molar-refractivity contribution in [2.45, 2.75) is 12.3 Å². The molecule has 2 aromatic rings. The zero-order chi connectivity index (χ0) is 12.5. The number of hydrogen-bond donors (Lipinski definition) is 1. The molecule has 4 heteroatoms. The molecule has 94 valence electrons. The number of aromatic nitrogens is 2. The zero-order valence-electron chi connectivity index (χ0n) is 10.7. The van der Waals surface area contributed by atoms with Crippen LogP contribution in [0.3, 0.4) is 0 Å². The van der Waals surface area contributed by atoms with E-state index in [4.69, 9.17) is 4.74 Å². The fourth-order valence-corrected chi connectivity index (χ4v) is 2.66. The molecule has 0 radical (unpaired) electrons. The van der Waals surface area contributed by atoms with Crippen LogP contribution in [-0.2, 0) is 7.05 Å². The van der Waals surface area contributed by atoms with Crippen molar-refractivity contribution < 1.29 is 4.74 Å². The molecular weight excluding hydrogens is 226 g/mol. The standard InChI is InChI=1S/C14H17N3O/c1-17-14(6-8-16-17)12-5-7-15-13-9-10(18-2)3-4-11(12)13/h3-4,6,8-9,12,15H,5,7H2,1-2H3. The van der Waals surface area contributed by atoms with Crippen molar-refractivity contribution in [3.05, 3.63) is 41.7 Å². The Bertz CT molecular complexity index is 562. The van der Waals surface area contributed by atoms with Gasteiger partial charge in [-0.1, -0.05) is 6.07 Å². The number of methoxy groups -OCH3 is 1. The molecule has 2 heterocycles. The SMILES string of the molecule is COc1ccc2c(c1)NCCC2c1ccnn1C. The van der Waals surface area contributed by atoms with E-state index in [0.29, 0.717) is 5.92 Å². The van der Waals surface area contributed by atoms with Crippen molar-refractivity contribution in [1.82, 2.24) is 9.78 Å². The number of hydrogen-bond acceptors (Lipinski definition) is 3. The third kappa shape index (κ3) is 1.74. The second-order valence-electron chi connectivity index (χ2n) is 4.60. The van der Waals surface area contributed by atoms with Gasteiger partial charge >= 0.3 is 0 Å².